The summed E-state index contributed by atoms with van der Waals surface area (Å²) in [6.07, 6.45) is -0.292. The molecule has 0 aliphatic carbocycles. The lowest BCUT2D eigenvalue weighted by molar-refractivity contribution is -0.139. The van der Waals surface area contributed by atoms with Gasteiger partial charge in [-0.05, 0) is 18.6 Å². The minimum Gasteiger partial charge on any atom is -0.480 e. The minimum atomic E-state index is -1.23. The molecule has 0 fully saturated rings. The quantitative estimate of drug-likeness (QED) is 0.199. The summed E-state index contributed by atoms with van der Waals surface area (Å²) >= 11 is 1.34. The highest BCUT2D eigenvalue weighted by atomic mass is 32.2. The second kappa shape index (κ2) is 11.4. The Balaban J connectivity index is 1.82. The molecule has 0 aliphatic rings. The smallest absolute Gasteiger partial charge is 0.322 e. The van der Waals surface area contributed by atoms with Crippen LogP contribution >= 0.6 is 11.8 Å². The van der Waals surface area contributed by atoms with Crippen LogP contribution in [0.5, 0.6) is 0 Å². The zero-order chi connectivity index (χ0) is 24.7. The summed E-state index contributed by atoms with van der Waals surface area (Å²) < 4.78 is 0. The number of rotatable bonds is 11. The van der Waals surface area contributed by atoms with Crippen LogP contribution in [0.2, 0.25) is 0 Å². The van der Waals surface area contributed by atoms with Crippen molar-refractivity contribution in [2.75, 3.05) is 12.3 Å². The average molecular weight is 485 g/mol. The second-order valence-electron chi connectivity index (χ2n) is 7.50. The van der Waals surface area contributed by atoms with E-state index >= 15 is 0 Å². The first-order valence-electron chi connectivity index (χ1n) is 10.4. The van der Waals surface area contributed by atoms with Crippen molar-refractivity contribution in [1.29, 1.82) is 0 Å². The number of benzene rings is 2. The fourth-order valence-electron chi connectivity index (χ4n) is 3.27. The standard InChI is InChI=1S/C23H24N4O6S/c24-15(23(32)33)9-10-19(28)27-18(22(31)25-11-20(29)30)12-34-21-13-5-1-3-7-16(13)26-17-8-4-2-6-14(17)21/h1-8,15,18H,9-12,24H2,(H,25,31)(H,27,28)(H,29,30)(H,32,33). The van der Waals surface area contributed by atoms with Crippen LogP contribution in [0.15, 0.2) is 53.4 Å². The highest BCUT2D eigenvalue weighted by molar-refractivity contribution is 7.99. The molecule has 0 spiro atoms. The molecular formula is C23H24N4O6S. The van der Waals surface area contributed by atoms with E-state index in [1.54, 1.807) is 0 Å². The van der Waals surface area contributed by atoms with Crippen LogP contribution in [-0.4, -0.2) is 63.3 Å². The van der Waals surface area contributed by atoms with Gasteiger partial charge in [0, 0.05) is 27.8 Å². The van der Waals surface area contributed by atoms with Crippen molar-refractivity contribution in [2.45, 2.75) is 29.8 Å². The van der Waals surface area contributed by atoms with Crippen molar-refractivity contribution < 1.29 is 29.4 Å². The largest absolute Gasteiger partial charge is 0.480 e. The van der Waals surface area contributed by atoms with E-state index in [9.17, 15) is 19.2 Å². The minimum absolute atomic E-state index is 0.0998. The Morgan fingerprint density at radius 3 is 2.12 bits per heavy atom. The van der Waals surface area contributed by atoms with Crippen LogP contribution in [0, 0.1) is 0 Å². The SMILES string of the molecule is NC(CCC(=O)NC(CSc1c2ccccc2nc2ccccc12)C(=O)NCC(=O)O)C(=O)O. The average Bonchev–Trinajstić information content (AvgIpc) is 2.82. The van der Waals surface area contributed by atoms with Gasteiger partial charge in [-0.25, -0.2) is 4.98 Å². The normalized spacial score (nSPS) is 12.7. The Morgan fingerprint density at radius 1 is 0.971 bits per heavy atom. The molecule has 2 unspecified atom stereocenters. The maximum atomic E-state index is 12.6. The Bertz CT molecular complexity index is 1180. The molecule has 0 aliphatic heterocycles. The van der Waals surface area contributed by atoms with Crippen LogP contribution < -0.4 is 16.4 Å². The van der Waals surface area contributed by atoms with Crippen molar-refractivity contribution in [1.82, 2.24) is 15.6 Å². The van der Waals surface area contributed by atoms with E-state index in [1.165, 1.54) is 11.8 Å². The fraction of sp³-hybridized carbons (Fsp3) is 0.261. The predicted molar refractivity (Wildman–Crippen MR) is 127 cm³/mol. The van der Waals surface area contributed by atoms with Gasteiger partial charge < -0.3 is 26.6 Å². The van der Waals surface area contributed by atoms with E-state index in [1.807, 2.05) is 48.5 Å². The zero-order valence-corrected chi connectivity index (χ0v) is 18.9. The first-order chi connectivity index (χ1) is 16.3. The molecule has 1 aromatic heterocycles. The summed E-state index contributed by atoms with van der Waals surface area (Å²) in [4.78, 5) is 52.3. The van der Waals surface area contributed by atoms with Crippen molar-refractivity contribution in [3.8, 4) is 0 Å². The molecule has 0 saturated heterocycles. The van der Waals surface area contributed by atoms with Crippen LogP contribution in [-0.2, 0) is 19.2 Å². The number of carboxylic acid groups (broad SMARTS) is 2. The summed E-state index contributed by atoms with van der Waals surface area (Å²) in [6, 6.07) is 12.9. The van der Waals surface area contributed by atoms with Gasteiger partial charge in [-0.3, -0.25) is 19.2 Å². The number of pyridine rings is 1. The first kappa shape index (κ1) is 24.9. The van der Waals surface area contributed by atoms with Gasteiger partial charge in [-0.1, -0.05) is 36.4 Å². The number of thioether (sulfide) groups is 1. The molecule has 3 rings (SSSR count). The van der Waals surface area contributed by atoms with Crippen LogP contribution in [0.1, 0.15) is 12.8 Å². The number of hydrogen-bond donors (Lipinski definition) is 5. The molecule has 3 aromatic rings. The number of para-hydroxylation sites is 2. The van der Waals surface area contributed by atoms with E-state index in [2.05, 4.69) is 15.6 Å². The molecule has 6 N–H and O–H groups in total. The van der Waals surface area contributed by atoms with Crippen LogP contribution in [0.3, 0.4) is 0 Å². The summed E-state index contributed by atoms with van der Waals surface area (Å²) in [5, 5.41) is 24.4. The van der Waals surface area contributed by atoms with E-state index in [0.717, 1.165) is 26.7 Å². The monoisotopic (exact) mass is 484 g/mol. The van der Waals surface area contributed by atoms with E-state index in [0.29, 0.717) is 0 Å². The Kier molecular flexibility index (Phi) is 8.39. The van der Waals surface area contributed by atoms with E-state index in [4.69, 9.17) is 15.9 Å². The molecule has 1 heterocycles. The van der Waals surface area contributed by atoms with Crippen LogP contribution in [0.4, 0.5) is 0 Å². The fourth-order valence-corrected chi connectivity index (χ4v) is 4.49. The van der Waals surface area contributed by atoms with Crippen molar-refractivity contribution in [2.24, 2.45) is 5.73 Å². The van der Waals surface area contributed by atoms with Crippen LogP contribution in [0.25, 0.3) is 21.8 Å². The number of aliphatic carboxylic acids is 2. The number of carbonyl (C=O) groups is 4. The summed E-state index contributed by atoms with van der Waals surface area (Å²) in [5.74, 6) is -3.55. The molecule has 2 atom stereocenters. The van der Waals surface area contributed by atoms with Gasteiger partial charge in [0.1, 0.15) is 18.6 Å². The molecular weight excluding hydrogens is 460 g/mol. The highest BCUT2D eigenvalue weighted by Gasteiger charge is 2.23. The molecule has 178 valence electrons. The number of carbonyl (C=O) groups excluding carboxylic acids is 2. The van der Waals surface area contributed by atoms with Gasteiger partial charge in [0.05, 0.1) is 11.0 Å². The van der Waals surface area contributed by atoms with Gasteiger partial charge in [-0.15, -0.1) is 11.8 Å². The number of amides is 2. The summed E-state index contributed by atoms with van der Waals surface area (Å²) in [6.45, 7) is -0.596. The first-order valence-corrected chi connectivity index (χ1v) is 11.4. The molecule has 0 radical (unpaired) electrons. The van der Waals surface area contributed by atoms with Crippen molar-refractivity contribution >= 4 is 57.3 Å². The maximum Gasteiger partial charge on any atom is 0.322 e. The zero-order valence-electron chi connectivity index (χ0n) is 18.1. The number of carboxylic acids is 2. The lowest BCUT2D eigenvalue weighted by atomic mass is 10.1. The van der Waals surface area contributed by atoms with Gasteiger partial charge in [-0.2, -0.15) is 0 Å². The molecule has 2 amide bonds. The Labute approximate surface area is 198 Å². The molecule has 34 heavy (non-hydrogen) atoms. The number of nitrogens with zero attached hydrogens (tertiary/aromatic N) is 1. The molecule has 10 nitrogen and oxygen atoms in total. The number of aromatic nitrogens is 1. The van der Waals surface area contributed by atoms with Crippen molar-refractivity contribution in [3.05, 3.63) is 48.5 Å². The topological polar surface area (TPSA) is 172 Å². The van der Waals surface area contributed by atoms with E-state index in [-0.39, 0.29) is 18.6 Å². The third kappa shape index (κ3) is 6.42. The third-order valence-corrected chi connectivity index (χ3v) is 6.23. The van der Waals surface area contributed by atoms with Gasteiger partial charge in [0.15, 0.2) is 0 Å². The second-order valence-corrected chi connectivity index (χ2v) is 8.53. The number of nitrogens with one attached hydrogen (secondary N) is 2. The lowest BCUT2D eigenvalue weighted by Crippen LogP contribution is -2.49. The number of fused-ring (bicyclic) bond motifs is 2. The predicted octanol–water partition coefficient (Wildman–Crippen LogP) is 1.36. The third-order valence-electron chi connectivity index (χ3n) is 5.00. The lowest BCUT2D eigenvalue weighted by Gasteiger charge is -2.19. The summed E-state index contributed by atoms with van der Waals surface area (Å²) in [5.41, 5.74) is 7.00. The van der Waals surface area contributed by atoms with Crippen molar-refractivity contribution in [3.63, 3.8) is 0 Å². The summed E-state index contributed by atoms with van der Waals surface area (Å²) in [7, 11) is 0. The highest BCUT2D eigenvalue weighted by Crippen LogP contribution is 2.34. The molecule has 0 bridgehead atoms. The van der Waals surface area contributed by atoms with E-state index < -0.39 is 42.4 Å². The van der Waals surface area contributed by atoms with Gasteiger partial charge in [0.2, 0.25) is 11.8 Å². The molecule has 0 saturated carbocycles. The number of nitrogens with two attached hydrogens (primary N) is 1. The molecule has 11 heteroatoms. The Hall–Kier alpha value is -3.70. The maximum absolute atomic E-state index is 12.6. The number of hydrogen-bond acceptors (Lipinski definition) is 7. The molecule has 2 aromatic carbocycles. The van der Waals surface area contributed by atoms with Gasteiger partial charge in [0.25, 0.3) is 0 Å². The van der Waals surface area contributed by atoms with Gasteiger partial charge >= 0.3 is 11.9 Å². The Morgan fingerprint density at radius 2 is 1.56 bits per heavy atom.